The van der Waals surface area contributed by atoms with E-state index in [9.17, 15) is 19.8 Å². The van der Waals surface area contributed by atoms with Crippen molar-refractivity contribution in [3.63, 3.8) is 0 Å². The van der Waals surface area contributed by atoms with Crippen molar-refractivity contribution >= 4 is 12.1 Å². The highest BCUT2D eigenvalue weighted by Crippen LogP contribution is 2.27. The number of nitrogens with one attached hydrogen (secondary N) is 1. The number of carboxylic acid groups (broad SMARTS) is 1. The molecule has 7 nitrogen and oxygen atoms in total. The molecule has 0 aromatic heterocycles. The van der Waals surface area contributed by atoms with Gasteiger partial charge in [0, 0.05) is 0 Å². The summed E-state index contributed by atoms with van der Waals surface area (Å²) in [4.78, 5) is 24.3. The van der Waals surface area contributed by atoms with Crippen molar-refractivity contribution in [2.45, 2.75) is 83.5 Å². The fourth-order valence-electron chi connectivity index (χ4n) is 3.89. The van der Waals surface area contributed by atoms with E-state index in [0.29, 0.717) is 18.6 Å². The summed E-state index contributed by atoms with van der Waals surface area (Å²) in [5.41, 5.74) is 1.34. The normalized spacial score (nSPS) is 17.0. The number of amides is 1. The van der Waals surface area contributed by atoms with Gasteiger partial charge in [-0.3, -0.25) is 4.79 Å². The lowest BCUT2D eigenvalue weighted by Crippen LogP contribution is -2.47. The molecule has 0 radical (unpaired) electrons. The Morgan fingerprint density at radius 3 is 2.34 bits per heavy atom. The topological polar surface area (TPSA) is 105 Å². The van der Waals surface area contributed by atoms with Gasteiger partial charge < -0.3 is 25.0 Å². The third-order valence-corrected chi connectivity index (χ3v) is 5.55. The van der Waals surface area contributed by atoms with E-state index in [1.54, 1.807) is 27.9 Å². The number of hydrogen-bond donors (Lipinski definition) is 3. The third-order valence-electron chi connectivity index (χ3n) is 5.55. The molecule has 1 aromatic rings. The van der Waals surface area contributed by atoms with E-state index >= 15 is 0 Å². The van der Waals surface area contributed by atoms with E-state index < -0.39 is 35.7 Å². The van der Waals surface area contributed by atoms with Crippen LogP contribution in [0.25, 0.3) is 0 Å². The molecule has 1 aromatic carbocycles. The largest absolute Gasteiger partial charge is 0.497 e. The van der Waals surface area contributed by atoms with Gasteiger partial charge in [-0.2, -0.15) is 0 Å². The number of aliphatic carboxylic acids is 1. The van der Waals surface area contributed by atoms with Gasteiger partial charge in [0.1, 0.15) is 11.4 Å². The Labute approximate surface area is 190 Å². The molecule has 1 aliphatic rings. The predicted molar refractivity (Wildman–Crippen MR) is 123 cm³/mol. The van der Waals surface area contributed by atoms with Crippen molar-refractivity contribution in [1.82, 2.24) is 5.32 Å². The molecule has 0 aliphatic heterocycles. The van der Waals surface area contributed by atoms with E-state index in [4.69, 9.17) is 9.47 Å². The molecule has 0 fully saturated rings. The first-order chi connectivity index (χ1) is 15.1. The van der Waals surface area contributed by atoms with Crippen LogP contribution in [-0.2, 0) is 16.0 Å². The molecule has 0 saturated heterocycles. The van der Waals surface area contributed by atoms with Crippen molar-refractivity contribution < 1.29 is 29.3 Å². The maximum atomic E-state index is 12.4. The molecule has 0 spiro atoms. The number of rotatable bonds is 10. The van der Waals surface area contributed by atoms with Crippen LogP contribution in [0.2, 0.25) is 0 Å². The van der Waals surface area contributed by atoms with E-state index in [1.165, 1.54) is 0 Å². The molecule has 1 aliphatic carbocycles. The highest BCUT2D eigenvalue weighted by Gasteiger charge is 2.30. The van der Waals surface area contributed by atoms with Crippen molar-refractivity contribution in [2.75, 3.05) is 7.11 Å². The molecule has 0 bridgehead atoms. The smallest absolute Gasteiger partial charge is 0.407 e. The number of aliphatic hydroxyl groups excluding tert-OH is 1. The number of aliphatic hydroxyl groups is 1. The number of carbonyl (C=O) groups is 2. The third kappa shape index (κ3) is 8.91. The number of allylic oxidation sites excluding steroid dienone is 2. The molecule has 3 atom stereocenters. The molecule has 0 heterocycles. The molecule has 32 heavy (non-hydrogen) atoms. The maximum Gasteiger partial charge on any atom is 0.407 e. The second kappa shape index (κ2) is 11.9. The Kier molecular flexibility index (Phi) is 9.57. The number of ether oxygens (including phenoxy) is 2. The SMILES string of the molecule is COc1ccc(C[C@H](NC(=O)OC(C)(C)C)[C@@H](O)C[C@@H](CC2=CCCCC2)C(=O)O)cc1. The number of benzene rings is 1. The molecule has 0 unspecified atom stereocenters. The molecular formula is C25H37NO6. The molecule has 3 N–H and O–H groups in total. The zero-order valence-corrected chi connectivity index (χ0v) is 19.6. The van der Waals surface area contributed by atoms with Crippen molar-refractivity contribution in [3.8, 4) is 5.75 Å². The van der Waals surface area contributed by atoms with Gasteiger partial charge in [0.15, 0.2) is 0 Å². The summed E-state index contributed by atoms with van der Waals surface area (Å²) in [6.07, 6.45) is 5.33. The van der Waals surface area contributed by atoms with Crippen LogP contribution in [0.4, 0.5) is 4.79 Å². The first-order valence-corrected chi connectivity index (χ1v) is 11.3. The standard InChI is InChI=1S/C25H37NO6/c1-25(2,3)32-24(30)26-21(15-18-10-12-20(31-4)13-11-18)22(27)16-19(23(28)29)14-17-8-6-5-7-9-17/h8,10-13,19,21-22,27H,5-7,9,14-16H2,1-4H3,(H,26,30)(H,28,29)/t19-,21+,22+/m1/s1. The van der Waals surface area contributed by atoms with Crippen molar-refractivity contribution in [3.05, 3.63) is 41.5 Å². The van der Waals surface area contributed by atoms with Gasteiger partial charge in [-0.05, 0) is 83.4 Å². The average molecular weight is 448 g/mol. The van der Waals surface area contributed by atoms with Gasteiger partial charge >= 0.3 is 12.1 Å². The molecule has 178 valence electrons. The highest BCUT2D eigenvalue weighted by atomic mass is 16.6. The summed E-state index contributed by atoms with van der Waals surface area (Å²) >= 11 is 0. The summed E-state index contributed by atoms with van der Waals surface area (Å²) in [6.45, 7) is 5.29. The van der Waals surface area contributed by atoms with Crippen molar-refractivity contribution in [2.24, 2.45) is 5.92 Å². The molecular weight excluding hydrogens is 410 g/mol. The lowest BCUT2D eigenvalue weighted by Gasteiger charge is -2.28. The van der Waals surface area contributed by atoms with Crippen LogP contribution in [0.3, 0.4) is 0 Å². The Balaban J connectivity index is 2.13. The van der Waals surface area contributed by atoms with E-state index in [2.05, 4.69) is 11.4 Å². The summed E-state index contributed by atoms with van der Waals surface area (Å²) in [7, 11) is 1.58. The number of hydrogen-bond acceptors (Lipinski definition) is 5. The van der Waals surface area contributed by atoms with Crippen LogP contribution in [0.15, 0.2) is 35.9 Å². The first kappa shape index (κ1) is 25.7. The molecule has 2 rings (SSSR count). The van der Waals surface area contributed by atoms with Crippen molar-refractivity contribution in [1.29, 1.82) is 0 Å². The maximum absolute atomic E-state index is 12.4. The number of alkyl carbamates (subject to hydrolysis) is 1. The number of methoxy groups -OCH3 is 1. The quantitative estimate of drug-likeness (QED) is 0.457. The van der Waals surface area contributed by atoms with Crippen LogP contribution in [0.1, 0.15) is 64.9 Å². The van der Waals surface area contributed by atoms with E-state index in [1.807, 2.05) is 24.3 Å². The Morgan fingerprint density at radius 2 is 1.81 bits per heavy atom. The summed E-state index contributed by atoms with van der Waals surface area (Å²) < 4.78 is 10.5. The lowest BCUT2D eigenvalue weighted by molar-refractivity contribution is -0.143. The molecule has 7 heteroatoms. The number of carbonyl (C=O) groups excluding carboxylic acids is 1. The van der Waals surface area contributed by atoms with Crippen LogP contribution in [0.5, 0.6) is 5.75 Å². The second-order valence-electron chi connectivity index (χ2n) is 9.46. The molecule has 1 amide bonds. The highest BCUT2D eigenvalue weighted by molar-refractivity contribution is 5.70. The minimum atomic E-state index is -1.05. The molecule has 0 saturated carbocycles. The van der Waals surface area contributed by atoms with Gasteiger partial charge in [0.2, 0.25) is 0 Å². The number of carboxylic acids is 1. The lowest BCUT2D eigenvalue weighted by atomic mass is 9.86. The van der Waals surface area contributed by atoms with Gasteiger partial charge in [-0.1, -0.05) is 23.8 Å². The van der Waals surface area contributed by atoms with Crippen LogP contribution in [0, 0.1) is 5.92 Å². The first-order valence-electron chi connectivity index (χ1n) is 11.3. The van der Waals surface area contributed by atoms with Gasteiger partial charge in [0.25, 0.3) is 0 Å². The Hall–Kier alpha value is -2.54. The second-order valence-corrected chi connectivity index (χ2v) is 9.46. The Bertz CT molecular complexity index is 781. The van der Waals surface area contributed by atoms with Gasteiger partial charge in [-0.25, -0.2) is 4.79 Å². The fraction of sp³-hybridized carbons (Fsp3) is 0.600. The minimum Gasteiger partial charge on any atom is -0.497 e. The average Bonchev–Trinajstić information content (AvgIpc) is 2.72. The summed E-state index contributed by atoms with van der Waals surface area (Å²) in [5.74, 6) is -0.943. The van der Waals surface area contributed by atoms with Gasteiger partial charge in [0.05, 0.1) is 25.2 Å². The monoisotopic (exact) mass is 447 g/mol. The Morgan fingerprint density at radius 1 is 1.12 bits per heavy atom. The zero-order chi connectivity index (χ0) is 23.7. The van der Waals surface area contributed by atoms with E-state index in [-0.39, 0.29) is 6.42 Å². The fourth-order valence-corrected chi connectivity index (χ4v) is 3.89. The summed E-state index contributed by atoms with van der Waals surface area (Å²) in [6, 6.07) is 6.64. The van der Waals surface area contributed by atoms with Crippen LogP contribution >= 0.6 is 0 Å². The van der Waals surface area contributed by atoms with Crippen LogP contribution in [-0.4, -0.2) is 47.1 Å². The van der Waals surface area contributed by atoms with Gasteiger partial charge in [-0.15, -0.1) is 0 Å². The summed E-state index contributed by atoms with van der Waals surface area (Å²) in [5, 5.41) is 23.5. The van der Waals surface area contributed by atoms with Crippen LogP contribution < -0.4 is 10.1 Å². The minimum absolute atomic E-state index is 0.0449. The van der Waals surface area contributed by atoms with E-state index in [0.717, 1.165) is 36.8 Å². The predicted octanol–water partition coefficient (Wildman–Crippen LogP) is 4.47. The zero-order valence-electron chi connectivity index (χ0n) is 19.6.